The molecule has 1 heterocycles. The Hall–Kier alpha value is -1.02. The molecule has 12 heavy (non-hydrogen) atoms. The van der Waals surface area contributed by atoms with Gasteiger partial charge in [-0.1, -0.05) is 12.1 Å². The molecule has 1 saturated heterocycles. The molecule has 1 aromatic carbocycles. The standard InChI is InChI=1S/C10H12O2/c1-7-8(10-6-12-10)4-3-5-9(7)11-2/h3-5,10H,6H2,1-2H3. The Balaban J connectivity index is 2.40. The fourth-order valence-electron chi connectivity index (χ4n) is 1.43. The summed E-state index contributed by atoms with van der Waals surface area (Å²) in [5.41, 5.74) is 2.46. The van der Waals surface area contributed by atoms with Crippen LogP contribution in [0.5, 0.6) is 5.75 Å². The van der Waals surface area contributed by atoms with E-state index in [4.69, 9.17) is 9.47 Å². The highest BCUT2D eigenvalue weighted by molar-refractivity contribution is 5.41. The smallest absolute Gasteiger partial charge is 0.122 e. The van der Waals surface area contributed by atoms with Gasteiger partial charge in [-0.05, 0) is 24.1 Å². The molecule has 0 saturated carbocycles. The quantitative estimate of drug-likeness (QED) is 0.624. The highest BCUT2D eigenvalue weighted by Gasteiger charge is 2.26. The van der Waals surface area contributed by atoms with Gasteiger partial charge in [0.25, 0.3) is 0 Å². The minimum absolute atomic E-state index is 0.320. The Morgan fingerprint density at radius 3 is 2.83 bits per heavy atom. The summed E-state index contributed by atoms with van der Waals surface area (Å²) in [6, 6.07) is 6.07. The Morgan fingerprint density at radius 1 is 1.50 bits per heavy atom. The maximum absolute atomic E-state index is 5.22. The van der Waals surface area contributed by atoms with Crippen molar-refractivity contribution in [1.29, 1.82) is 0 Å². The Labute approximate surface area is 72.1 Å². The molecular formula is C10H12O2. The first-order valence-corrected chi connectivity index (χ1v) is 4.08. The number of hydrogen-bond acceptors (Lipinski definition) is 2. The Bertz CT molecular complexity index is 290. The van der Waals surface area contributed by atoms with Gasteiger partial charge in [-0.25, -0.2) is 0 Å². The summed E-state index contributed by atoms with van der Waals surface area (Å²) >= 11 is 0. The monoisotopic (exact) mass is 164 g/mol. The summed E-state index contributed by atoms with van der Waals surface area (Å²) < 4.78 is 10.4. The molecule has 0 aliphatic carbocycles. The molecule has 0 spiro atoms. The molecule has 64 valence electrons. The number of rotatable bonds is 2. The van der Waals surface area contributed by atoms with Crippen molar-refractivity contribution in [1.82, 2.24) is 0 Å². The van der Waals surface area contributed by atoms with Crippen molar-refractivity contribution in [2.45, 2.75) is 13.0 Å². The first-order valence-electron chi connectivity index (χ1n) is 4.08. The first kappa shape index (κ1) is 7.62. The van der Waals surface area contributed by atoms with Crippen molar-refractivity contribution in [3.8, 4) is 5.75 Å². The molecule has 1 fully saturated rings. The van der Waals surface area contributed by atoms with Crippen LogP contribution in [0.1, 0.15) is 17.2 Å². The van der Waals surface area contributed by atoms with Crippen LogP contribution in [0.15, 0.2) is 18.2 Å². The van der Waals surface area contributed by atoms with Crippen molar-refractivity contribution in [3.63, 3.8) is 0 Å². The Kier molecular flexibility index (Phi) is 1.77. The molecule has 1 atom stereocenters. The summed E-state index contributed by atoms with van der Waals surface area (Å²) in [6.45, 7) is 2.92. The zero-order valence-corrected chi connectivity index (χ0v) is 7.33. The summed E-state index contributed by atoms with van der Waals surface area (Å²) in [5.74, 6) is 0.947. The van der Waals surface area contributed by atoms with Gasteiger partial charge in [-0.2, -0.15) is 0 Å². The third-order valence-electron chi connectivity index (χ3n) is 2.23. The van der Waals surface area contributed by atoms with Gasteiger partial charge >= 0.3 is 0 Å². The van der Waals surface area contributed by atoms with E-state index in [0.29, 0.717) is 6.10 Å². The molecule has 2 nitrogen and oxygen atoms in total. The van der Waals surface area contributed by atoms with Gasteiger partial charge in [-0.3, -0.25) is 0 Å². The van der Waals surface area contributed by atoms with E-state index in [9.17, 15) is 0 Å². The van der Waals surface area contributed by atoms with E-state index >= 15 is 0 Å². The minimum atomic E-state index is 0.320. The van der Waals surface area contributed by atoms with Crippen LogP contribution in [0.3, 0.4) is 0 Å². The summed E-state index contributed by atoms with van der Waals surface area (Å²) in [5, 5.41) is 0. The minimum Gasteiger partial charge on any atom is -0.496 e. The lowest BCUT2D eigenvalue weighted by molar-refractivity contribution is 0.401. The average Bonchev–Trinajstić information content (AvgIpc) is 2.88. The SMILES string of the molecule is COc1cccc(C2CO2)c1C. The van der Waals surface area contributed by atoms with E-state index in [1.807, 2.05) is 12.1 Å². The first-order chi connectivity index (χ1) is 5.83. The maximum atomic E-state index is 5.22. The lowest BCUT2D eigenvalue weighted by Gasteiger charge is -2.07. The molecule has 1 aliphatic heterocycles. The molecule has 1 aromatic rings. The highest BCUT2D eigenvalue weighted by atomic mass is 16.6. The van der Waals surface area contributed by atoms with E-state index < -0.39 is 0 Å². The van der Waals surface area contributed by atoms with Crippen LogP contribution in [0, 0.1) is 6.92 Å². The third kappa shape index (κ3) is 1.18. The predicted octanol–water partition coefficient (Wildman–Crippen LogP) is 2.07. The van der Waals surface area contributed by atoms with Crippen molar-refractivity contribution in [2.75, 3.05) is 13.7 Å². The van der Waals surface area contributed by atoms with Crippen LogP contribution < -0.4 is 4.74 Å². The summed E-state index contributed by atoms with van der Waals surface area (Å²) in [6.07, 6.45) is 0.320. The van der Waals surface area contributed by atoms with Gasteiger partial charge in [0.1, 0.15) is 11.9 Å². The summed E-state index contributed by atoms with van der Waals surface area (Å²) in [4.78, 5) is 0. The molecular weight excluding hydrogens is 152 g/mol. The van der Waals surface area contributed by atoms with Gasteiger partial charge in [0.15, 0.2) is 0 Å². The summed E-state index contributed by atoms with van der Waals surface area (Å²) in [7, 11) is 1.69. The lowest BCUT2D eigenvalue weighted by Crippen LogP contribution is -1.91. The molecule has 1 aliphatic rings. The second kappa shape index (κ2) is 2.79. The molecule has 0 N–H and O–H groups in total. The van der Waals surface area contributed by atoms with Crippen molar-refractivity contribution < 1.29 is 9.47 Å². The third-order valence-corrected chi connectivity index (χ3v) is 2.23. The van der Waals surface area contributed by atoms with Crippen LogP contribution >= 0.6 is 0 Å². The van der Waals surface area contributed by atoms with E-state index in [-0.39, 0.29) is 0 Å². The molecule has 1 unspecified atom stereocenters. The molecule has 2 rings (SSSR count). The molecule has 0 aromatic heterocycles. The van der Waals surface area contributed by atoms with E-state index in [0.717, 1.165) is 12.4 Å². The molecule has 0 radical (unpaired) electrons. The molecule has 2 heteroatoms. The van der Waals surface area contributed by atoms with E-state index in [2.05, 4.69) is 13.0 Å². The van der Waals surface area contributed by atoms with Crippen LogP contribution in [-0.2, 0) is 4.74 Å². The number of hydrogen-bond donors (Lipinski definition) is 0. The average molecular weight is 164 g/mol. The van der Waals surface area contributed by atoms with Gasteiger partial charge in [0, 0.05) is 0 Å². The van der Waals surface area contributed by atoms with E-state index in [1.165, 1.54) is 11.1 Å². The number of epoxide rings is 1. The predicted molar refractivity (Wildman–Crippen MR) is 46.4 cm³/mol. The van der Waals surface area contributed by atoms with Crippen molar-refractivity contribution >= 4 is 0 Å². The second-order valence-electron chi connectivity index (χ2n) is 3.00. The fourth-order valence-corrected chi connectivity index (χ4v) is 1.43. The van der Waals surface area contributed by atoms with Crippen LogP contribution in [0.2, 0.25) is 0 Å². The van der Waals surface area contributed by atoms with Crippen LogP contribution in [-0.4, -0.2) is 13.7 Å². The van der Waals surface area contributed by atoms with E-state index in [1.54, 1.807) is 7.11 Å². The topological polar surface area (TPSA) is 21.8 Å². The van der Waals surface area contributed by atoms with Gasteiger partial charge in [0.05, 0.1) is 13.7 Å². The molecule has 0 amide bonds. The van der Waals surface area contributed by atoms with Crippen molar-refractivity contribution in [3.05, 3.63) is 29.3 Å². The highest BCUT2D eigenvalue weighted by Crippen LogP contribution is 2.35. The lowest BCUT2D eigenvalue weighted by atomic mass is 10.1. The molecule has 0 bridgehead atoms. The second-order valence-corrected chi connectivity index (χ2v) is 3.00. The van der Waals surface area contributed by atoms with Crippen molar-refractivity contribution in [2.24, 2.45) is 0 Å². The maximum Gasteiger partial charge on any atom is 0.122 e. The van der Waals surface area contributed by atoms with Gasteiger partial charge < -0.3 is 9.47 Å². The zero-order valence-electron chi connectivity index (χ0n) is 7.33. The van der Waals surface area contributed by atoms with Gasteiger partial charge in [-0.15, -0.1) is 0 Å². The number of benzene rings is 1. The largest absolute Gasteiger partial charge is 0.496 e. The van der Waals surface area contributed by atoms with Gasteiger partial charge in [0.2, 0.25) is 0 Å². The Morgan fingerprint density at radius 2 is 2.25 bits per heavy atom. The normalized spacial score (nSPS) is 20.7. The van der Waals surface area contributed by atoms with Crippen LogP contribution in [0.25, 0.3) is 0 Å². The number of methoxy groups -OCH3 is 1. The fraction of sp³-hybridized carbons (Fsp3) is 0.400. The number of ether oxygens (including phenoxy) is 2. The zero-order chi connectivity index (χ0) is 8.55. The van der Waals surface area contributed by atoms with Crippen LogP contribution in [0.4, 0.5) is 0 Å².